The van der Waals surface area contributed by atoms with Gasteiger partial charge in [-0.2, -0.15) is 0 Å². The molecule has 0 spiro atoms. The van der Waals surface area contributed by atoms with Gasteiger partial charge in [0.15, 0.2) is 0 Å². The van der Waals surface area contributed by atoms with Crippen molar-refractivity contribution in [1.82, 2.24) is 10.2 Å². The van der Waals surface area contributed by atoms with Crippen LogP contribution in [0.1, 0.15) is 19.8 Å². The molecule has 15 heavy (non-hydrogen) atoms. The van der Waals surface area contributed by atoms with Crippen LogP contribution < -0.4 is 5.32 Å². The van der Waals surface area contributed by atoms with E-state index in [-0.39, 0.29) is 30.9 Å². The molecule has 1 aliphatic rings. The maximum absolute atomic E-state index is 11.5. The van der Waals surface area contributed by atoms with Gasteiger partial charge in [-0.05, 0) is 12.8 Å². The van der Waals surface area contributed by atoms with Crippen LogP contribution in [0, 0.1) is 0 Å². The number of amides is 2. The van der Waals surface area contributed by atoms with Gasteiger partial charge in [-0.3, -0.25) is 14.4 Å². The summed E-state index contributed by atoms with van der Waals surface area (Å²) in [5, 5.41) is 11.0. The second kappa shape index (κ2) is 4.77. The predicted molar refractivity (Wildman–Crippen MR) is 51.1 cm³/mol. The quantitative estimate of drug-likeness (QED) is 0.627. The number of hydrogen-bond donors (Lipinski definition) is 2. The Labute approximate surface area is 87.2 Å². The van der Waals surface area contributed by atoms with Crippen molar-refractivity contribution in [3.63, 3.8) is 0 Å². The van der Waals surface area contributed by atoms with E-state index in [2.05, 4.69) is 5.32 Å². The zero-order valence-corrected chi connectivity index (χ0v) is 8.52. The lowest BCUT2D eigenvalue weighted by molar-refractivity contribution is -0.144. The zero-order chi connectivity index (χ0) is 11.4. The molecule has 0 aromatic carbocycles. The number of rotatable bonds is 5. The molecule has 2 amide bonds. The van der Waals surface area contributed by atoms with Crippen molar-refractivity contribution >= 4 is 17.8 Å². The van der Waals surface area contributed by atoms with E-state index in [9.17, 15) is 14.4 Å². The van der Waals surface area contributed by atoms with Gasteiger partial charge in [0.05, 0.1) is 6.54 Å². The molecule has 0 atom stereocenters. The van der Waals surface area contributed by atoms with E-state index in [0.29, 0.717) is 0 Å². The molecule has 0 unspecified atom stereocenters. The second-order valence-electron chi connectivity index (χ2n) is 3.56. The highest BCUT2D eigenvalue weighted by Crippen LogP contribution is 2.26. The average Bonchev–Trinajstić information content (AvgIpc) is 2.93. The van der Waals surface area contributed by atoms with Gasteiger partial charge in [0.2, 0.25) is 11.8 Å². The highest BCUT2D eigenvalue weighted by Gasteiger charge is 2.33. The minimum absolute atomic E-state index is 0.0439. The SMILES string of the molecule is CC(=O)NCC(=O)N(CC(=O)O)C1CC1. The van der Waals surface area contributed by atoms with Gasteiger partial charge in [0.1, 0.15) is 6.54 Å². The molecule has 0 radical (unpaired) electrons. The van der Waals surface area contributed by atoms with Gasteiger partial charge >= 0.3 is 5.97 Å². The van der Waals surface area contributed by atoms with Crippen LogP contribution in [0.5, 0.6) is 0 Å². The number of nitrogens with zero attached hydrogens (tertiary/aromatic N) is 1. The van der Waals surface area contributed by atoms with Crippen molar-refractivity contribution in [2.24, 2.45) is 0 Å². The lowest BCUT2D eigenvalue weighted by Crippen LogP contribution is -2.43. The van der Waals surface area contributed by atoms with Crippen LogP contribution in [0.15, 0.2) is 0 Å². The maximum Gasteiger partial charge on any atom is 0.323 e. The molecule has 0 bridgehead atoms. The average molecular weight is 214 g/mol. The number of nitrogens with one attached hydrogen (secondary N) is 1. The Morgan fingerprint density at radius 2 is 2.00 bits per heavy atom. The Bertz CT molecular complexity index is 286. The lowest BCUT2D eigenvalue weighted by atomic mass is 10.4. The molecule has 2 N–H and O–H groups in total. The monoisotopic (exact) mass is 214 g/mol. The fraction of sp³-hybridized carbons (Fsp3) is 0.667. The third kappa shape index (κ3) is 3.97. The summed E-state index contributed by atoms with van der Waals surface area (Å²) in [6.07, 6.45) is 1.69. The molecular weight excluding hydrogens is 200 g/mol. The summed E-state index contributed by atoms with van der Waals surface area (Å²) in [6, 6.07) is 0.0439. The summed E-state index contributed by atoms with van der Waals surface area (Å²) in [7, 11) is 0. The van der Waals surface area contributed by atoms with E-state index >= 15 is 0 Å². The summed E-state index contributed by atoms with van der Waals surface area (Å²) >= 11 is 0. The van der Waals surface area contributed by atoms with E-state index in [0.717, 1.165) is 12.8 Å². The zero-order valence-electron chi connectivity index (χ0n) is 8.52. The normalized spacial score (nSPS) is 14.5. The first-order chi connectivity index (χ1) is 7.00. The van der Waals surface area contributed by atoms with E-state index < -0.39 is 5.97 Å². The topological polar surface area (TPSA) is 86.7 Å². The van der Waals surface area contributed by atoms with E-state index in [1.165, 1.54) is 11.8 Å². The van der Waals surface area contributed by atoms with Gasteiger partial charge in [-0.25, -0.2) is 0 Å². The second-order valence-corrected chi connectivity index (χ2v) is 3.56. The molecule has 1 saturated carbocycles. The number of aliphatic carboxylic acids is 1. The number of hydrogen-bond acceptors (Lipinski definition) is 3. The molecule has 6 heteroatoms. The summed E-state index contributed by atoms with van der Waals surface area (Å²) in [5.74, 6) is -1.66. The number of carboxylic acid groups (broad SMARTS) is 1. The van der Waals surface area contributed by atoms with Gasteiger partial charge in [-0.1, -0.05) is 0 Å². The largest absolute Gasteiger partial charge is 0.480 e. The van der Waals surface area contributed by atoms with Crippen LogP contribution in [-0.4, -0.2) is 46.9 Å². The maximum atomic E-state index is 11.5. The van der Waals surface area contributed by atoms with Crippen molar-refractivity contribution in [3.8, 4) is 0 Å². The van der Waals surface area contributed by atoms with Gasteiger partial charge < -0.3 is 15.3 Å². The van der Waals surface area contributed by atoms with Gasteiger partial charge in [0, 0.05) is 13.0 Å². The van der Waals surface area contributed by atoms with Crippen LogP contribution in [0.4, 0.5) is 0 Å². The van der Waals surface area contributed by atoms with Crippen molar-refractivity contribution in [2.45, 2.75) is 25.8 Å². The summed E-state index contributed by atoms with van der Waals surface area (Å²) in [6.45, 7) is 0.897. The number of carbonyl (C=O) groups excluding carboxylic acids is 2. The lowest BCUT2D eigenvalue weighted by Gasteiger charge is -2.20. The highest BCUT2D eigenvalue weighted by atomic mass is 16.4. The Hall–Kier alpha value is -1.59. The standard InChI is InChI=1S/C9H14N2O4/c1-6(12)10-4-8(13)11(5-9(14)15)7-2-3-7/h7H,2-5H2,1H3,(H,10,12)(H,14,15). The molecule has 0 aromatic rings. The molecule has 1 rings (SSSR count). The number of carboxylic acids is 1. The number of carbonyl (C=O) groups is 3. The van der Waals surface area contributed by atoms with Crippen LogP contribution in [0.25, 0.3) is 0 Å². The van der Waals surface area contributed by atoms with E-state index in [4.69, 9.17) is 5.11 Å². The van der Waals surface area contributed by atoms with E-state index in [1.54, 1.807) is 0 Å². The minimum Gasteiger partial charge on any atom is -0.480 e. The fourth-order valence-electron chi connectivity index (χ4n) is 1.25. The molecule has 0 aromatic heterocycles. The first-order valence-corrected chi connectivity index (χ1v) is 4.76. The van der Waals surface area contributed by atoms with Crippen LogP contribution in [0.2, 0.25) is 0 Å². The Morgan fingerprint density at radius 3 is 2.40 bits per heavy atom. The first-order valence-electron chi connectivity index (χ1n) is 4.76. The summed E-state index contributed by atoms with van der Waals surface area (Å²) in [5.41, 5.74) is 0. The Balaban J connectivity index is 2.44. The van der Waals surface area contributed by atoms with Gasteiger partial charge in [0.25, 0.3) is 0 Å². The molecule has 84 valence electrons. The van der Waals surface area contributed by atoms with Crippen molar-refractivity contribution in [2.75, 3.05) is 13.1 Å². The Morgan fingerprint density at radius 1 is 1.40 bits per heavy atom. The third-order valence-corrected chi connectivity index (χ3v) is 2.10. The summed E-state index contributed by atoms with van der Waals surface area (Å²) in [4.78, 5) is 33.9. The van der Waals surface area contributed by atoms with Crippen molar-refractivity contribution in [3.05, 3.63) is 0 Å². The van der Waals surface area contributed by atoms with Crippen LogP contribution in [-0.2, 0) is 14.4 Å². The highest BCUT2D eigenvalue weighted by molar-refractivity contribution is 5.86. The van der Waals surface area contributed by atoms with Crippen LogP contribution in [0.3, 0.4) is 0 Å². The molecule has 0 saturated heterocycles. The summed E-state index contributed by atoms with van der Waals surface area (Å²) < 4.78 is 0. The molecule has 0 heterocycles. The molecule has 0 aliphatic heterocycles. The third-order valence-electron chi connectivity index (χ3n) is 2.10. The predicted octanol–water partition coefficient (Wildman–Crippen LogP) is -0.802. The molecule has 6 nitrogen and oxygen atoms in total. The Kier molecular flexibility index (Phi) is 3.65. The minimum atomic E-state index is -1.03. The van der Waals surface area contributed by atoms with Crippen LogP contribution >= 0.6 is 0 Å². The van der Waals surface area contributed by atoms with E-state index in [1.807, 2.05) is 0 Å². The molecular formula is C9H14N2O4. The smallest absolute Gasteiger partial charge is 0.323 e. The van der Waals surface area contributed by atoms with Crippen molar-refractivity contribution in [1.29, 1.82) is 0 Å². The first kappa shape index (κ1) is 11.5. The molecule has 1 aliphatic carbocycles. The fourth-order valence-corrected chi connectivity index (χ4v) is 1.25. The van der Waals surface area contributed by atoms with Crippen molar-refractivity contribution < 1.29 is 19.5 Å². The molecule has 1 fully saturated rings. The van der Waals surface area contributed by atoms with Gasteiger partial charge in [-0.15, -0.1) is 0 Å².